The van der Waals surface area contributed by atoms with E-state index in [1.54, 1.807) is 6.20 Å². The van der Waals surface area contributed by atoms with Crippen LogP contribution in [0.1, 0.15) is 32.4 Å². The van der Waals surface area contributed by atoms with Gasteiger partial charge >= 0.3 is 0 Å². The summed E-state index contributed by atoms with van der Waals surface area (Å²) in [6, 6.07) is 3.89. The molecule has 2 N–H and O–H groups in total. The van der Waals surface area contributed by atoms with Crippen LogP contribution in [0.15, 0.2) is 18.3 Å². The number of hydrogen-bond donors (Lipinski definition) is 1. The van der Waals surface area contributed by atoms with Gasteiger partial charge in [-0.2, -0.15) is 0 Å². The summed E-state index contributed by atoms with van der Waals surface area (Å²) in [4.78, 5) is 4.17. The fourth-order valence-corrected chi connectivity index (χ4v) is 1.21. The van der Waals surface area contributed by atoms with E-state index in [1.165, 1.54) is 0 Å². The minimum Gasteiger partial charge on any atom is -0.478 e. The van der Waals surface area contributed by atoms with Crippen molar-refractivity contribution in [3.05, 3.63) is 23.9 Å². The molecule has 1 heterocycles. The lowest BCUT2D eigenvalue weighted by molar-refractivity contribution is 0.326. The van der Waals surface area contributed by atoms with Gasteiger partial charge in [0.15, 0.2) is 0 Å². The SMILES string of the molecule is CCOc1ccc([C@H](N)C(C)C)cn1. The van der Waals surface area contributed by atoms with Crippen molar-refractivity contribution in [2.24, 2.45) is 11.7 Å². The van der Waals surface area contributed by atoms with Crippen LogP contribution in [-0.4, -0.2) is 11.6 Å². The standard InChI is InChI=1S/C11H18N2O/c1-4-14-10-6-5-9(7-13-10)11(12)8(2)3/h5-8,11H,4,12H2,1-3H3/t11-/m1/s1. The Morgan fingerprint density at radius 2 is 2.14 bits per heavy atom. The highest BCUT2D eigenvalue weighted by molar-refractivity contribution is 5.20. The summed E-state index contributed by atoms with van der Waals surface area (Å²) >= 11 is 0. The van der Waals surface area contributed by atoms with E-state index in [1.807, 2.05) is 19.1 Å². The van der Waals surface area contributed by atoms with Gasteiger partial charge in [0.2, 0.25) is 5.88 Å². The van der Waals surface area contributed by atoms with Gasteiger partial charge in [-0.05, 0) is 18.4 Å². The van der Waals surface area contributed by atoms with Crippen molar-refractivity contribution < 1.29 is 4.74 Å². The molecule has 78 valence electrons. The molecule has 0 aromatic carbocycles. The zero-order valence-corrected chi connectivity index (χ0v) is 9.03. The summed E-state index contributed by atoms with van der Waals surface area (Å²) in [5, 5.41) is 0. The van der Waals surface area contributed by atoms with E-state index in [0.29, 0.717) is 18.4 Å². The zero-order chi connectivity index (χ0) is 10.6. The van der Waals surface area contributed by atoms with Gasteiger partial charge in [-0.25, -0.2) is 4.98 Å². The molecule has 14 heavy (non-hydrogen) atoms. The lowest BCUT2D eigenvalue weighted by Gasteiger charge is -2.15. The Bertz CT molecular complexity index is 269. The molecule has 0 aliphatic carbocycles. The quantitative estimate of drug-likeness (QED) is 0.798. The molecule has 0 aliphatic heterocycles. The molecule has 0 radical (unpaired) electrons. The van der Waals surface area contributed by atoms with Gasteiger partial charge in [-0.15, -0.1) is 0 Å². The topological polar surface area (TPSA) is 48.1 Å². The molecule has 0 amide bonds. The van der Waals surface area contributed by atoms with Crippen LogP contribution in [0.5, 0.6) is 5.88 Å². The maximum absolute atomic E-state index is 5.98. The summed E-state index contributed by atoms with van der Waals surface area (Å²) in [7, 11) is 0. The first-order chi connectivity index (χ1) is 6.65. The van der Waals surface area contributed by atoms with Crippen molar-refractivity contribution in [2.75, 3.05) is 6.61 Å². The monoisotopic (exact) mass is 194 g/mol. The van der Waals surface area contributed by atoms with Crippen molar-refractivity contribution in [3.63, 3.8) is 0 Å². The van der Waals surface area contributed by atoms with Gasteiger partial charge in [0.1, 0.15) is 0 Å². The predicted octanol–water partition coefficient (Wildman–Crippen LogP) is 2.14. The normalized spacial score (nSPS) is 12.9. The maximum Gasteiger partial charge on any atom is 0.213 e. The molecule has 3 nitrogen and oxygen atoms in total. The van der Waals surface area contributed by atoms with Crippen LogP contribution in [0.25, 0.3) is 0 Å². The van der Waals surface area contributed by atoms with Crippen LogP contribution < -0.4 is 10.5 Å². The van der Waals surface area contributed by atoms with Crippen molar-refractivity contribution in [1.82, 2.24) is 4.98 Å². The number of nitrogens with zero attached hydrogens (tertiary/aromatic N) is 1. The molecule has 0 fully saturated rings. The Morgan fingerprint density at radius 1 is 1.43 bits per heavy atom. The highest BCUT2D eigenvalue weighted by Gasteiger charge is 2.10. The van der Waals surface area contributed by atoms with Gasteiger partial charge < -0.3 is 10.5 Å². The summed E-state index contributed by atoms with van der Waals surface area (Å²) in [6.45, 7) is 6.78. The third kappa shape index (κ3) is 2.70. The molecule has 0 unspecified atom stereocenters. The van der Waals surface area contributed by atoms with Crippen LogP contribution in [0, 0.1) is 5.92 Å². The zero-order valence-electron chi connectivity index (χ0n) is 9.03. The minimum absolute atomic E-state index is 0.0539. The lowest BCUT2D eigenvalue weighted by atomic mass is 9.99. The van der Waals surface area contributed by atoms with Gasteiger partial charge in [0, 0.05) is 18.3 Å². The molecule has 3 heteroatoms. The summed E-state index contributed by atoms with van der Waals surface area (Å²) in [6.07, 6.45) is 1.79. The summed E-state index contributed by atoms with van der Waals surface area (Å²) in [5.41, 5.74) is 7.04. The van der Waals surface area contributed by atoms with E-state index in [4.69, 9.17) is 10.5 Å². The average molecular weight is 194 g/mol. The molecule has 0 saturated carbocycles. The fraction of sp³-hybridized carbons (Fsp3) is 0.545. The molecule has 1 aromatic heterocycles. The second-order valence-electron chi connectivity index (χ2n) is 3.63. The Kier molecular flexibility index (Phi) is 3.89. The maximum atomic E-state index is 5.98. The predicted molar refractivity (Wildman–Crippen MR) is 57.2 cm³/mol. The molecule has 0 bridgehead atoms. The van der Waals surface area contributed by atoms with Gasteiger partial charge in [-0.3, -0.25) is 0 Å². The molecule has 1 aromatic rings. The van der Waals surface area contributed by atoms with Crippen molar-refractivity contribution >= 4 is 0 Å². The van der Waals surface area contributed by atoms with Crippen LogP contribution in [0.3, 0.4) is 0 Å². The first-order valence-electron chi connectivity index (χ1n) is 4.99. The second-order valence-corrected chi connectivity index (χ2v) is 3.63. The van der Waals surface area contributed by atoms with Crippen LogP contribution in [0.4, 0.5) is 0 Å². The highest BCUT2D eigenvalue weighted by atomic mass is 16.5. The van der Waals surface area contributed by atoms with E-state index in [9.17, 15) is 0 Å². The van der Waals surface area contributed by atoms with Crippen molar-refractivity contribution in [1.29, 1.82) is 0 Å². The van der Waals surface area contributed by atoms with E-state index in [2.05, 4.69) is 18.8 Å². The number of rotatable bonds is 4. The van der Waals surface area contributed by atoms with E-state index < -0.39 is 0 Å². The average Bonchev–Trinajstić information content (AvgIpc) is 2.18. The summed E-state index contributed by atoms with van der Waals surface area (Å²) < 4.78 is 5.25. The van der Waals surface area contributed by atoms with Gasteiger partial charge in [0.05, 0.1) is 6.61 Å². The van der Waals surface area contributed by atoms with E-state index in [-0.39, 0.29) is 6.04 Å². The Hall–Kier alpha value is -1.09. The number of hydrogen-bond acceptors (Lipinski definition) is 3. The number of nitrogens with two attached hydrogens (primary N) is 1. The third-order valence-electron chi connectivity index (χ3n) is 2.15. The molecule has 1 rings (SSSR count). The fourth-order valence-electron chi connectivity index (χ4n) is 1.21. The lowest BCUT2D eigenvalue weighted by Crippen LogP contribution is -2.16. The Morgan fingerprint density at radius 3 is 2.57 bits per heavy atom. The highest BCUT2D eigenvalue weighted by Crippen LogP contribution is 2.19. The molecule has 0 saturated heterocycles. The first kappa shape index (κ1) is 11.0. The Balaban J connectivity index is 2.72. The Labute approximate surface area is 85.3 Å². The van der Waals surface area contributed by atoms with Gasteiger partial charge in [0.25, 0.3) is 0 Å². The molecular weight excluding hydrogens is 176 g/mol. The second kappa shape index (κ2) is 4.96. The number of ether oxygens (including phenoxy) is 1. The third-order valence-corrected chi connectivity index (χ3v) is 2.15. The number of aromatic nitrogens is 1. The van der Waals surface area contributed by atoms with E-state index in [0.717, 1.165) is 5.56 Å². The van der Waals surface area contributed by atoms with Crippen LogP contribution in [-0.2, 0) is 0 Å². The van der Waals surface area contributed by atoms with Crippen molar-refractivity contribution in [3.8, 4) is 5.88 Å². The molecule has 0 aliphatic rings. The van der Waals surface area contributed by atoms with E-state index >= 15 is 0 Å². The first-order valence-corrected chi connectivity index (χ1v) is 4.99. The molecular formula is C11H18N2O. The number of pyridine rings is 1. The van der Waals surface area contributed by atoms with Gasteiger partial charge in [-0.1, -0.05) is 19.9 Å². The van der Waals surface area contributed by atoms with Crippen LogP contribution in [0.2, 0.25) is 0 Å². The largest absolute Gasteiger partial charge is 0.478 e. The van der Waals surface area contributed by atoms with Crippen molar-refractivity contribution in [2.45, 2.75) is 26.8 Å². The molecule has 1 atom stereocenters. The molecule has 0 spiro atoms. The smallest absolute Gasteiger partial charge is 0.213 e. The van der Waals surface area contributed by atoms with Crippen LogP contribution >= 0.6 is 0 Å². The summed E-state index contributed by atoms with van der Waals surface area (Å²) in [5.74, 6) is 1.09. The minimum atomic E-state index is 0.0539.